The van der Waals surface area contributed by atoms with E-state index in [9.17, 15) is 0 Å². The van der Waals surface area contributed by atoms with E-state index in [-0.39, 0.29) is 6.61 Å². The maximum atomic E-state index is 5.54. The highest BCUT2D eigenvalue weighted by atomic mass is 16.5. The van der Waals surface area contributed by atoms with Crippen molar-refractivity contribution in [3.63, 3.8) is 0 Å². The maximum absolute atomic E-state index is 5.54. The molecule has 0 aliphatic heterocycles. The predicted molar refractivity (Wildman–Crippen MR) is 69.3 cm³/mol. The number of para-hydroxylation sites is 1. The molecule has 0 unspecified atom stereocenters. The van der Waals surface area contributed by atoms with Gasteiger partial charge in [-0.05, 0) is 19.0 Å². The van der Waals surface area contributed by atoms with Gasteiger partial charge in [0.1, 0.15) is 6.61 Å². The number of hydrogen-bond acceptors (Lipinski definition) is 3. The lowest BCUT2D eigenvalue weighted by Crippen LogP contribution is -2.15. The summed E-state index contributed by atoms with van der Waals surface area (Å²) in [4.78, 5) is 0. The summed E-state index contributed by atoms with van der Waals surface area (Å²) in [5.74, 6) is 3.92. The Kier molecular flexibility index (Phi) is 5.98. The Bertz CT molecular complexity index is 382. The first kappa shape index (κ1) is 13.4. The molecule has 0 atom stereocenters. The van der Waals surface area contributed by atoms with Crippen LogP contribution in [0.5, 0.6) is 11.5 Å². The molecule has 3 nitrogen and oxygen atoms in total. The minimum atomic E-state index is 0.251. The van der Waals surface area contributed by atoms with Crippen LogP contribution in [0.3, 0.4) is 0 Å². The molecular weight excluding hydrogens is 214 g/mol. The van der Waals surface area contributed by atoms with Crippen LogP contribution in [0.25, 0.3) is 0 Å². The van der Waals surface area contributed by atoms with Crippen molar-refractivity contribution in [3.05, 3.63) is 23.8 Å². The normalized spacial score (nSPS) is 9.71. The fourth-order valence-electron chi connectivity index (χ4n) is 1.54. The molecule has 0 fully saturated rings. The molecule has 0 aliphatic carbocycles. The van der Waals surface area contributed by atoms with Gasteiger partial charge in [-0.1, -0.05) is 25.0 Å². The van der Waals surface area contributed by atoms with Gasteiger partial charge in [0.25, 0.3) is 0 Å². The van der Waals surface area contributed by atoms with E-state index in [1.807, 2.05) is 18.2 Å². The lowest BCUT2D eigenvalue weighted by atomic mass is 10.2. The monoisotopic (exact) mass is 233 g/mol. The van der Waals surface area contributed by atoms with E-state index in [0.717, 1.165) is 36.6 Å². The van der Waals surface area contributed by atoms with E-state index < -0.39 is 0 Å². The molecular formula is C14H19NO2. The summed E-state index contributed by atoms with van der Waals surface area (Å²) in [5.41, 5.74) is 1.06. The molecule has 1 N–H and O–H groups in total. The van der Waals surface area contributed by atoms with Crippen molar-refractivity contribution in [1.82, 2.24) is 5.32 Å². The number of terminal acetylenes is 1. The molecule has 0 saturated carbocycles. The molecule has 0 heterocycles. The van der Waals surface area contributed by atoms with Crippen molar-refractivity contribution in [2.45, 2.75) is 19.9 Å². The first-order valence-electron chi connectivity index (χ1n) is 5.76. The fourth-order valence-corrected chi connectivity index (χ4v) is 1.54. The third-order valence-electron chi connectivity index (χ3n) is 2.32. The van der Waals surface area contributed by atoms with Gasteiger partial charge in [0.15, 0.2) is 11.5 Å². The van der Waals surface area contributed by atoms with Gasteiger partial charge >= 0.3 is 0 Å². The van der Waals surface area contributed by atoms with Crippen molar-refractivity contribution >= 4 is 0 Å². The van der Waals surface area contributed by atoms with Crippen LogP contribution in [0.4, 0.5) is 0 Å². The molecule has 0 bridgehead atoms. The van der Waals surface area contributed by atoms with Gasteiger partial charge in [0.2, 0.25) is 0 Å². The van der Waals surface area contributed by atoms with Crippen LogP contribution in [-0.2, 0) is 6.54 Å². The zero-order valence-electron chi connectivity index (χ0n) is 10.5. The van der Waals surface area contributed by atoms with Crippen LogP contribution in [-0.4, -0.2) is 20.3 Å². The second-order valence-electron chi connectivity index (χ2n) is 3.62. The maximum Gasteiger partial charge on any atom is 0.167 e. The molecule has 1 aromatic carbocycles. The van der Waals surface area contributed by atoms with Crippen molar-refractivity contribution in [3.8, 4) is 23.8 Å². The summed E-state index contributed by atoms with van der Waals surface area (Å²) in [5, 5.41) is 3.33. The Balaban J connectivity index is 2.82. The number of benzene rings is 1. The summed E-state index contributed by atoms with van der Waals surface area (Å²) < 4.78 is 10.8. The summed E-state index contributed by atoms with van der Waals surface area (Å²) in [6.07, 6.45) is 6.31. The average molecular weight is 233 g/mol. The molecule has 92 valence electrons. The van der Waals surface area contributed by atoms with E-state index in [2.05, 4.69) is 18.2 Å². The van der Waals surface area contributed by atoms with Crippen molar-refractivity contribution < 1.29 is 9.47 Å². The molecule has 17 heavy (non-hydrogen) atoms. The lowest BCUT2D eigenvalue weighted by Gasteiger charge is -2.14. The van der Waals surface area contributed by atoms with Gasteiger partial charge in [-0.2, -0.15) is 0 Å². The molecule has 0 aliphatic rings. The molecule has 0 spiro atoms. The first-order chi connectivity index (χ1) is 8.33. The SMILES string of the molecule is C#CCOc1c(CNCCC)cccc1OC. The Morgan fingerprint density at radius 3 is 2.88 bits per heavy atom. The number of methoxy groups -OCH3 is 1. The zero-order valence-corrected chi connectivity index (χ0v) is 10.5. The number of hydrogen-bond donors (Lipinski definition) is 1. The van der Waals surface area contributed by atoms with E-state index in [4.69, 9.17) is 15.9 Å². The van der Waals surface area contributed by atoms with Gasteiger partial charge in [-0.3, -0.25) is 0 Å². The third-order valence-corrected chi connectivity index (χ3v) is 2.32. The van der Waals surface area contributed by atoms with Crippen LogP contribution in [0.15, 0.2) is 18.2 Å². The number of rotatable bonds is 7. The summed E-state index contributed by atoms with van der Waals surface area (Å²) in [6.45, 7) is 4.12. The molecule has 3 heteroatoms. The fraction of sp³-hybridized carbons (Fsp3) is 0.429. The van der Waals surface area contributed by atoms with E-state index in [1.54, 1.807) is 7.11 Å². The van der Waals surface area contributed by atoms with Crippen molar-refractivity contribution in [1.29, 1.82) is 0 Å². The highest BCUT2D eigenvalue weighted by Gasteiger charge is 2.09. The minimum absolute atomic E-state index is 0.251. The van der Waals surface area contributed by atoms with Crippen LogP contribution in [0, 0.1) is 12.3 Å². The number of ether oxygens (including phenoxy) is 2. The summed E-state index contributed by atoms with van der Waals surface area (Å²) in [6, 6.07) is 5.83. The molecule has 1 aromatic rings. The molecule has 0 amide bonds. The Hall–Kier alpha value is -1.66. The zero-order chi connectivity index (χ0) is 12.5. The van der Waals surface area contributed by atoms with Crippen LogP contribution in [0.1, 0.15) is 18.9 Å². The quantitative estimate of drug-likeness (QED) is 0.578. The topological polar surface area (TPSA) is 30.5 Å². The molecule has 1 rings (SSSR count). The van der Waals surface area contributed by atoms with Crippen molar-refractivity contribution in [2.24, 2.45) is 0 Å². The average Bonchev–Trinajstić information content (AvgIpc) is 2.37. The van der Waals surface area contributed by atoms with Crippen LogP contribution in [0.2, 0.25) is 0 Å². The van der Waals surface area contributed by atoms with E-state index in [1.165, 1.54) is 0 Å². The third kappa shape index (κ3) is 4.01. The highest BCUT2D eigenvalue weighted by Crippen LogP contribution is 2.30. The highest BCUT2D eigenvalue weighted by molar-refractivity contribution is 5.46. The largest absolute Gasteiger partial charge is 0.493 e. The van der Waals surface area contributed by atoms with Crippen molar-refractivity contribution in [2.75, 3.05) is 20.3 Å². The second kappa shape index (κ2) is 7.59. The summed E-state index contributed by atoms with van der Waals surface area (Å²) >= 11 is 0. The minimum Gasteiger partial charge on any atom is -0.493 e. The van der Waals surface area contributed by atoms with Gasteiger partial charge < -0.3 is 14.8 Å². The van der Waals surface area contributed by atoms with E-state index in [0.29, 0.717) is 0 Å². The Morgan fingerprint density at radius 2 is 2.24 bits per heavy atom. The Labute approximate surface area is 103 Å². The predicted octanol–water partition coefficient (Wildman–Crippen LogP) is 2.21. The van der Waals surface area contributed by atoms with Gasteiger partial charge in [-0.25, -0.2) is 0 Å². The lowest BCUT2D eigenvalue weighted by molar-refractivity contribution is 0.326. The van der Waals surface area contributed by atoms with Gasteiger partial charge in [0, 0.05) is 12.1 Å². The molecule has 0 aromatic heterocycles. The van der Waals surface area contributed by atoms with Crippen LogP contribution < -0.4 is 14.8 Å². The van der Waals surface area contributed by atoms with E-state index >= 15 is 0 Å². The first-order valence-corrected chi connectivity index (χ1v) is 5.76. The van der Waals surface area contributed by atoms with Gasteiger partial charge in [0.05, 0.1) is 7.11 Å². The van der Waals surface area contributed by atoms with Crippen LogP contribution >= 0.6 is 0 Å². The Morgan fingerprint density at radius 1 is 1.41 bits per heavy atom. The smallest absolute Gasteiger partial charge is 0.167 e. The molecule has 0 radical (unpaired) electrons. The standard InChI is InChI=1S/C14H19NO2/c1-4-9-15-11-12-7-6-8-13(16-3)14(12)17-10-5-2/h2,6-8,15H,4,9-11H2,1,3H3. The molecule has 0 saturated heterocycles. The summed E-state index contributed by atoms with van der Waals surface area (Å²) in [7, 11) is 1.63. The second-order valence-corrected chi connectivity index (χ2v) is 3.62. The van der Waals surface area contributed by atoms with Gasteiger partial charge in [-0.15, -0.1) is 6.42 Å². The number of nitrogens with one attached hydrogen (secondary N) is 1.